The molecule has 0 aliphatic rings. The summed E-state index contributed by atoms with van der Waals surface area (Å²) < 4.78 is 4.67. The quantitative estimate of drug-likeness (QED) is 0.354. The van der Waals surface area contributed by atoms with E-state index in [-0.39, 0.29) is 6.61 Å². The Morgan fingerprint density at radius 2 is 1.65 bits per heavy atom. The van der Waals surface area contributed by atoms with Gasteiger partial charge >= 0.3 is 11.9 Å². The van der Waals surface area contributed by atoms with E-state index in [1.54, 1.807) is 43.0 Å². The van der Waals surface area contributed by atoms with Crippen LogP contribution in [-0.2, 0) is 20.1 Å². The molecule has 0 bridgehead atoms. The molecule has 0 saturated carbocycles. The highest BCUT2D eigenvalue weighted by atomic mass is 35.5. The molecule has 0 unspecified atom stereocenters. The van der Waals surface area contributed by atoms with E-state index in [1.807, 2.05) is 30.5 Å². The van der Waals surface area contributed by atoms with Crippen LogP contribution >= 0.6 is 23.4 Å². The summed E-state index contributed by atoms with van der Waals surface area (Å²) in [4.78, 5) is 23.2. The lowest BCUT2D eigenvalue weighted by Gasteiger charge is -2.09. The van der Waals surface area contributed by atoms with Crippen molar-refractivity contribution < 1.29 is 14.3 Å². The molecular weight excluding hydrogens is 372 g/mol. The fraction of sp³-hybridized carbons (Fsp3) is 0.211. The molecule has 136 valence electrons. The average molecular weight is 391 g/mol. The van der Waals surface area contributed by atoms with E-state index in [2.05, 4.69) is 15.3 Å². The van der Waals surface area contributed by atoms with Crippen molar-refractivity contribution in [1.29, 1.82) is 0 Å². The third kappa shape index (κ3) is 5.61. The van der Waals surface area contributed by atoms with Crippen LogP contribution in [0.15, 0.2) is 53.6 Å². The standard InChI is InChI=1S/C19H19ClN2O3S/c1-3-25-19(24)18(23)22-21-17(15-8-10-16(20)11-9-15)14-6-4-13(5-7-14)12-26-2/h4-11H,3,12H2,1-2H3,(H,22,23). The van der Waals surface area contributed by atoms with E-state index >= 15 is 0 Å². The molecule has 0 radical (unpaired) electrons. The average Bonchev–Trinajstić information content (AvgIpc) is 2.64. The largest absolute Gasteiger partial charge is 0.459 e. The first-order valence-corrected chi connectivity index (χ1v) is 9.71. The summed E-state index contributed by atoms with van der Waals surface area (Å²) in [5, 5.41) is 4.74. The van der Waals surface area contributed by atoms with Gasteiger partial charge in [-0.1, -0.05) is 48.0 Å². The van der Waals surface area contributed by atoms with E-state index < -0.39 is 11.9 Å². The zero-order chi connectivity index (χ0) is 18.9. The molecule has 2 rings (SSSR count). The van der Waals surface area contributed by atoms with Gasteiger partial charge in [-0.25, -0.2) is 10.2 Å². The molecule has 0 saturated heterocycles. The third-order valence-electron chi connectivity index (χ3n) is 3.39. The van der Waals surface area contributed by atoms with Crippen LogP contribution < -0.4 is 5.43 Å². The number of nitrogens with zero attached hydrogens (tertiary/aromatic N) is 1. The smallest absolute Gasteiger partial charge is 0.398 e. The fourth-order valence-corrected chi connectivity index (χ4v) is 2.83. The van der Waals surface area contributed by atoms with Gasteiger partial charge in [0.05, 0.1) is 12.3 Å². The van der Waals surface area contributed by atoms with Crippen LogP contribution in [0, 0.1) is 0 Å². The Labute approximate surface area is 161 Å². The Morgan fingerprint density at radius 1 is 1.08 bits per heavy atom. The number of halogens is 1. The van der Waals surface area contributed by atoms with Gasteiger partial charge in [-0.3, -0.25) is 4.79 Å². The number of benzene rings is 2. The minimum Gasteiger partial charge on any atom is -0.459 e. The SMILES string of the molecule is CCOC(=O)C(=O)NN=C(c1ccc(Cl)cc1)c1ccc(CSC)cc1. The van der Waals surface area contributed by atoms with Gasteiger partial charge in [-0.2, -0.15) is 16.9 Å². The minimum absolute atomic E-state index is 0.122. The van der Waals surface area contributed by atoms with Crippen LogP contribution in [0.5, 0.6) is 0 Å². The second-order valence-corrected chi connectivity index (χ2v) is 6.56. The molecule has 0 atom stereocenters. The number of hydrogen-bond acceptors (Lipinski definition) is 5. The first-order valence-electron chi connectivity index (χ1n) is 7.94. The number of ether oxygens (including phenoxy) is 1. The van der Waals surface area contributed by atoms with Crippen LogP contribution in [0.3, 0.4) is 0 Å². The molecule has 0 spiro atoms. The summed E-state index contributed by atoms with van der Waals surface area (Å²) >= 11 is 7.68. The van der Waals surface area contributed by atoms with Gasteiger partial charge in [0.25, 0.3) is 0 Å². The second kappa shape index (κ2) is 9.99. The molecule has 0 aliphatic heterocycles. The summed E-state index contributed by atoms with van der Waals surface area (Å²) in [6, 6.07) is 14.9. The minimum atomic E-state index is -0.970. The Hall–Kier alpha value is -2.31. The van der Waals surface area contributed by atoms with Crippen molar-refractivity contribution >= 4 is 41.0 Å². The molecule has 26 heavy (non-hydrogen) atoms. The first kappa shape index (κ1) is 20.0. The molecule has 1 amide bonds. The number of hydrogen-bond donors (Lipinski definition) is 1. The van der Waals surface area contributed by atoms with Gasteiger partial charge in [0.2, 0.25) is 0 Å². The Balaban J connectivity index is 2.32. The number of carbonyl (C=O) groups is 2. The van der Waals surface area contributed by atoms with Gasteiger partial charge < -0.3 is 4.74 Å². The summed E-state index contributed by atoms with van der Waals surface area (Å²) in [5.74, 6) is -0.979. The van der Waals surface area contributed by atoms with Gasteiger partial charge in [-0.15, -0.1) is 0 Å². The van der Waals surface area contributed by atoms with Crippen LogP contribution in [-0.4, -0.2) is 30.5 Å². The summed E-state index contributed by atoms with van der Waals surface area (Å²) in [6.45, 7) is 1.75. The van der Waals surface area contributed by atoms with Crippen LogP contribution in [0.25, 0.3) is 0 Å². The maximum Gasteiger partial charge on any atom is 0.398 e. The molecule has 2 aromatic rings. The maximum absolute atomic E-state index is 11.8. The zero-order valence-electron chi connectivity index (χ0n) is 14.5. The number of nitrogens with one attached hydrogen (secondary N) is 1. The Morgan fingerprint density at radius 3 is 2.19 bits per heavy atom. The monoisotopic (exact) mass is 390 g/mol. The van der Waals surface area contributed by atoms with E-state index in [0.29, 0.717) is 10.7 Å². The Kier molecular flexibility index (Phi) is 7.69. The van der Waals surface area contributed by atoms with Gasteiger partial charge in [0.1, 0.15) is 0 Å². The predicted molar refractivity (Wildman–Crippen MR) is 106 cm³/mol. The van der Waals surface area contributed by atoms with E-state index in [9.17, 15) is 9.59 Å². The number of hydrazone groups is 1. The molecule has 0 aromatic heterocycles. The number of rotatable bonds is 6. The normalized spacial score (nSPS) is 11.1. The van der Waals surface area contributed by atoms with Crippen LogP contribution in [0.2, 0.25) is 5.02 Å². The number of carbonyl (C=O) groups excluding carboxylic acids is 2. The predicted octanol–water partition coefficient (Wildman–Crippen LogP) is 3.63. The molecule has 2 aromatic carbocycles. The number of thioether (sulfide) groups is 1. The lowest BCUT2D eigenvalue weighted by Crippen LogP contribution is -2.30. The lowest BCUT2D eigenvalue weighted by molar-refractivity contribution is -0.154. The highest BCUT2D eigenvalue weighted by molar-refractivity contribution is 7.97. The fourth-order valence-electron chi connectivity index (χ4n) is 2.18. The van der Waals surface area contributed by atoms with Gasteiger partial charge in [-0.05, 0) is 30.9 Å². The van der Waals surface area contributed by atoms with E-state index in [4.69, 9.17) is 11.6 Å². The van der Waals surface area contributed by atoms with Crippen molar-refractivity contribution in [2.45, 2.75) is 12.7 Å². The number of amides is 1. The zero-order valence-corrected chi connectivity index (χ0v) is 16.1. The highest BCUT2D eigenvalue weighted by Crippen LogP contribution is 2.17. The van der Waals surface area contributed by atoms with E-state index in [1.165, 1.54) is 5.56 Å². The summed E-state index contributed by atoms with van der Waals surface area (Å²) in [7, 11) is 0. The van der Waals surface area contributed by atoms with Gasteiger partial charge in [0.15, 0.2) is 0 Å². The van der Waals surface area contributed by atoms with Crippen LogP contribution in [0.4, 0.5) is 0 Å². The molecule has 1 N–H and O–H groups in total. The van der Waals surface area contributed by atoms with Crippen molar-refractivity contribution in [3.63, 3.8) is 0 Å². The molecule has 0 heterocycles. The summed E-state index contributed by atoms with van der Waals surface area (Å²) in [5.41, 5.74) is 5.53. The second-order valence-electron chi connectivity index (χ2n) is 5.26. The molecule has 5 nitrogen and oxygen atoms in total. The van der Waals surface area contributed by atoms with Crippen molar-refractivity contribution in [3.05, 3.63) is 70.2 Å². The maximum atomic E-state index is 11.8. The van der Waals surface area contributed by atoms with Crippen LogP contribution in [0.1, 0.15) is 23.6 Å². The molecule has 7 heteroatoms. The molecule has 0 aliphatic carbocycles. The Bertz CT molecular complexity index is 789. The number of esters is 1. The van der Waals surface area contributed by atoms with Crippen molar-refractivity contribution in [2.75, 3.05) is 12.9 Å². The third-order valence-corrected chi connectivity index (χ3v) is 4.26. The highest BCUT2D eigenvalue weighted by Gasteiger charge is 2.15. The van der Waals surface area contributed by atoms with Crippen molar-refractivity contribution in [3.8, 4) is 0 Å². The van der Waals surface area contributed by atoms with Gasteiger partial charge in [0, 0.05) is 21.9 Å². The van der Waals surface area contributed by atoms with Crippen molar-refractivity contribution in [2.24, 2.45) is 5.10 Å². The molecular formula is C19H19ClN2O3S. The lowest BCUT2D eigenvalue weighted by atomic mass is 10.0. The van der Waals surface area contributed by atoms with E-state index in [0.717, 1.165) is 16.9 Å². The molecule has 0 fully saturated rings. The first-order chi connectivity index (χ1) is 12.5. The van der Waals surface area contributed by atoms with Crippen molar-refractivity contribution in [1.82, 2.24) is 5.43 Å². The summed E-state index contributed by atoms with van der Waals surface area (Å²) in [6.07, 6.45) is 2.04. The topological polar surface area (TPSA) is 67.8 Å².